The molecule has 2 amide bonds. The average Bonchev–Trinajstić information content (AvgIpc) is 2.97. The maximum absolute atomic E-state index is 13.3. The third-order valence-electron chi connectivity index (χ3n) is 5.70. The second-order valence-electron chi connectivity index (χ2n) is 7.65. The monoisotopic (exact) mass is 443 g/mol. The van der Waals surface area contributed by atoms with Crippen LogP contribution in [0.3, 0.4) is 0 Å². The van der Waals surface area contributed by atoms with Crippen molar-refractivity contribution in [3.63, 3.8) is 0 Å². The zero-order valence-electron chi connectivity index (χ0n) is 17.3. The standard InChI is InChI=1S/C22H25N3O5S/c1-30-19-10-9-15(13-20(19)31(28,29)25-11-4-2-3-5-12-25)21(26)24-18-8-6-7-16-17(18)14-23-22(16)27/h6-10,13H,2-5,11-12,14H2,1H3,(H,23,27)(H,24,26). The summed E-state index contributed by atoms with van der Waals surface area (Å²) in [6, 6.07) is 9.51. The first-order chi connectivity index (χ1) is 14.9. The number of fused-ring (bicyclic) bond motifs is 1. The third-order valence-corrected chi connectivity index (χ3v) is 7.62. The van der Waals surface area contributed by atoms with Gasteiger partial charge in [0.2, 0.25) is 10.0 Å². The molecule has 31 heavy (non-hydrogen) atoms. The van der Waals surface area contributed by atoms with Gasteiger partial charge < -0.3 is 15.4 Å². The summed E-state index contributed by atoms with van der Waals surface area (Å²) in [5, 5.41) is 5.54. The summed E-state index contributed by atoms with van der Waals surface area (Å²) < 4.78 is 33.4. The lowest BCUT2D eigenvalue weighted by Gasteiger charge is -2.21. The van der Waals surface area contributed by atoms with Gasteiger partial charge in [-0.05, 0) is 43.2 Å². The summed E-state index contributed by atoms with van der Waals surface area (Å²) in [7, 11) is -2.39. The van der Waals surface area contributed by atoms with Gasteiger partial charge in [0.15, 0.2) is 0 Å². The summed E-state index contributed by atoms with van der Waals surface area (Å²) in [6.45, 7) is 1.25. The first-order valence-electron chi connectivity index (χ1n) is 10.3. The SMILES string of the molecule is COc1ccc(C(=O)Nc2cccc3c2CNC3=O)cc1S(=O)(=O)N1CCCCCC1. The number of nitrogens with zero attached hydrogens (tertiary/aromatic N) is 1. The van der Waals surface area contributed by atoms with Crippen molar-refractivity contribution < 1.29 is 22.7 Å². The largest absolute Gasteiger partial charge is 0.495 e. The minimum absolute atomic E-state index is 0.0142. The lowest BCUT2D eigenvalue weighted by molar-refractivity contribution is 0.0964. The molecule has 0 aliphatic carbocycles. The van der Waals surface area contributed by atoms with Crippen molar-refractivity contribution in [1.82, 2.24) is 9.62 Å². The molecule has 0 saturated carbocycles. The molecule has 1 fully saturated rings. The van der Waals surface area contributed by atoms with E-state index in [1.807, 2.05) is 0 Å². The number of nitrogens with one attached hydrogen (secondary N) is 2. The van der Waals surface area contributed by atoms with Gasteiger partial charge in [-0.15, -0.1) is 0 Å². The van der Waals surface area contributed by atoms with Crippen molar-refractivity contribution in [2.75, 3.05) is 25.5 Å². The van der Waals surface area contributed by atoms with Gasteiger partial charge in [0, 0.05) is 42.0 Å². The van der Waals surface area contributed by atoms with Gasteiger partial charge in [-0.1, -0.05) is 18.9 Å². The average molecular weight is 444 g/mol. The lowest BCUT2D eigenvalue weighted by atomic mass is 10.1. The topological polar surface area (TPSA) is 105 Å². The van der Waals surface area contributed by atoms with Gasteiger partial charge in [0.25, 0.3) is 11.8 Å². The van der Waals surface area contributed by atoms with Crippen LogP contribution in [0.25, 0.3) is 0 Å². The molecule has 0 aromatic heterocycles. The van der Waals surface area contributed by atoms with Gasteiger partial charge in [-0.3, -0.25) is 9.59 Å². The second kappa shape index (κ2) is 8.68. The van der Waals surface area contributed by atoms with E-state index in [4.69, 9.17) is 4.74 Å². The molecule has 2 aliphatic rings. The molecule has 2 N–H and O–H groups in total. The molecule has 2 heterocycles. The van der Waals surface area contributed by atoms with Crippen LogP contribution in [0.15, 0.2) is 41.3 Å². The molecule has 164 valence electrons. The van der Waals surface area contributed by atoms with Crippen LogP contribution in [0.5, 0.6) is 5.75 Å². The Bertz CT molecular complexity index is 1120. The van der Waals surface area contributed by atoms with Crippen LogP contribution in [-0.4, -0.2) is 44.7 Å². The molecule has 4 rings (SSSR count). The smallest absolute Gasteiger partial charge is 0.255 e. The number of sulfonamides is 1. The maximum Gasteiger partial charge on any atom is 0.255 e. The molecule has 0 radical (unpaired) electrons. The van der Waals surface area contributed by atoms with E-state index in [-0.39, 0.29) is 22.1 Å². The first-order valence-corrected chi connectivity index (χ1v) is 11.8. The highest BCUT2D eigenvalue weighted by Gasteiger charge is 2.29. The van der Waals surface area contributed by atoms with Crippen molar-refractivity contribution in [3.05, 3.63) is 53.1 Å². The van der Waals surface area contributed by atoms with Gasteiger partial charge >= 0.3 is 0 Å². The maximum atomic E-state index is 13.3. The molecule has 0 spiro atoms. The highest BCUT2D eigenvalue weighted by atomic mass is 32.2. The van der Waals surface area contributed by atoms with Crippen molar-refractivity contribution in [2.45, 2.75) is 37.1 Å². The Morgan fingerprint density at radius 1 is 1.10 bits per heavy atom. The minimum Gasteiger partial charge on any atom is -0.495 e. The molecule has 9 heteroatoms. The molecular formula is C22H25N3O5S. The zero-order valence-corrected chi connectivity index (χ0v) is 18.1. The first kappa shape index (κ1) is 21.3. The fourth-order valence-electron chi connectivity index (χ4n) is 4.01. The molecule has 0 unspecified atom stereocenters. The molecule has 2 aromatic rings. The Morgan fingerprint density at radius 2 is 1.84 bits per heavy atom. The van der Waals surface area contributed by atoms with E-state index in [0.29, 0.717) is 36.4 Å². The number of hydrogen-bond acceptors (Lipinski definition) is 5. The van der Waals surface area contributed by atoms with Gasteiger partial charge in [0.05, 0.1) is 7.11 Å². The van der Waals surface area contributed by atoms with E-state index < -0.39 is 15.9 Å². The number of ether oxygens (including phenoxy) is 1. The number of hydrogen-bond donors (Lipinski definition) is 2. The molecule has 8 nitrogen and oxygen atoms in total. The normalized spacial score (nSPS) is 16.9. The predicted octanol–water partition coefficient (Wildman–Crippen LogP) is 2.76. The van der Waals surface area contributed by atoms with Crippen molar-refractivity contribution in [2.24, 2.45) is 0 Å². The van der Waals surface area contributed by atoms with Crippen LogP contribution >= 0.6 is 0 Å². The Hall–Kier alpha value is -2.91. The lowest BCUT2D eigenvalue weighted by Crippen LogP contribution is -2.32. The van der Waals surface area contributed by atoms with Crippen LogP contribution in [-0.2, 0) is 16.6 Å². The third kappa shape index (κ3) is 4.15. The van der Waals surface area contributed by atoms with E-state index in [0.717, 1.165) is 25.7 Å². The highest BCUT2D eigenvalue weighted by Crippen LogP contribution is 2.30. The van der Waals surface area contributed by atoms with E-state index in [9.17, 15) is 18.0 Å². The number of carbonyl (C=O) groups excluding carboxylic acids is 2. The fourth-order valence-corrected chi connectivity index (χ4v) is 5.70. The molecule has 0 atom stereocenters. The predicted molar refractivity (Wildman–Crippen MR) is 116 cm³/mol. The number of anilines is 1. The Balaban J connectivity index is 1.65. The molecular weight excluding hydrogens is 418 g/mol. The minimum atomic E-state index is -3.80. The number of rotatable bonds is 5. The Kier molecular flexibility index (Phi) is 5.97. The number of methoxy groups -OCH3 is 1. The summed E-state index contributed by atoms with van der Waals surface area (Å²) in [4.78, 5) is 24.8. The van der Waals surface area contributed by atoms with Crippen LogP contribution in [0.4, 0.5) is 5.69 Å². The molecule has 0 bridgehead atoms. The van der Waals surface area contributed by atoms with E-state index in [1.54, 1.807) is 18.2 Å². The molecule has 1 saturated heterocycles. The quantitative estimate of drug-likeness (QED) is 0.739. The summed E-state index contributed by atoms with van der Waals surface area (Å²) in [6.07, 6.45) is 3.63. The number of carbonyl (C=O) groups is 2. The Labute approximate surface area is 181 Å². The summed E-state index contributed by atoms with van der Waals surface area (Å²) >= 11 is 0. The van der Waals surface area contributed by atoms with Crippen LogP contribution < -0.4 is 15.4 Å². The molecule has 2 aliphatic heterocycles. The van der Waals surface area contributed by atoms with Gasteiger partial charge in [-0.2, -0.15) is 4.31 Å². The summed E-state index contributed by atoms with van der Waals surface area (Å²) in [5.74, 6) is -0.430. The number of benzene rings is 2. The van der Waals surface area contributed by atoms with Crippen molar-refractivity contribution in [3.8, 4) is 5.75 Å². The van der Waals surface area contributed by atoms with Crippen molar-refractivity contribution in [1.29, 1.82) is 0 Å². The van der Waals surface area contributed by atoms with E-state index in [2.05, 4.69) is 10.6 Å². The molecule has 2 aromatic carbocycles. The van der Waals surface area contributed by atoms with E-state index in [1.165, 1.54) is 29.6 Å². The van der Waals surface area contributed by atoms with Crippen LogP contribution in [0, 0.1) is 0 Å². The fraction of sp³-hybridized carbons (Fsp3) is 0.364. The Morgan fingerprint density at radius 3 is 2.55 bits per heavy atom. The van der Waals surface area contributed by atoms with Gasteiger partial charge in [-0.25, -0.2) is 8.42 Å². The van der Waals surface area contributed by atoms with Crippen LogP contribution in [0.2, 0.25) is 0 Å². The van der Waals surface area contributed by atoms with Crippen LogP contribution in [0.1, 0.15) is 52.0 Å². The number of amides is 2. The highest BCUT2D eigenvalue weighted by molar-refractivity contribution is 7.89. The van der Waals surface area contributed by atoms with E-state index >= 15 is 0 Å². The second-order valence-corrected chi connectivity index (χ2v) is 9.56. The zero-order chi connectivity index (χ0) is 22.0. The van der Waals surface area contributed by atoms with Crippen molar-refractivity contribution >= 4 is 27.5 Å². The summed E-state index contributed by atoms with van der Waals surface area (Å²) in [5.41, 5.74) is 1.96. The van der Waals surface area contributed by atoms with Gasteiger partial charge in [0.1, 0.15) is 10.6 Å².